The summed E-state index contributed by atoms with van der Waals surface area (Å²) in [5.74, 6) is -0.364. The van der Waals surface area contributed by atoms with Gasteiger partial charge in [0.05, 0.1) is 5.69 Å². The van der Waals surface area contributed by atoms with Crippen LogP contribution in [0.4, 0.5) is 5.69 Å². The Hall–Kier alpha value is -1.40. The van der Waals surface area contributed by atoms with Gasteiger partial charge in [0.2, 0.25) is 0 Å². The Morgan fingerprint density at radius 3 is 2.63 bits per heavy atom. The number of benzene rings is 1. The highest BCUT2D eigenvalue weighted by Crippen LogP contribution is 2.32. The second kappa shape index (κ2) is 5.71. The Balaban J connectivity index is 2.45. The lowest BCUT2D eigenvalue weighted by Crippen LogP contribution is -2.22. The predicted octanol–water partition coefficient (Wildman–Crippen LogP) is 2.42. The van der Waals surface area contributed by atoms with Crippen molar-refractivity contribution >= 4 is 33.2 Å². The predicted molar refractivity (Wildman–Crippen MR) is 77.7 cm³/mol. The van der Waals surface area contributed by atoms with E-state index in [9.17, 15) is 4.79 Å². The maximum Gasteiger partial charge on any atom is 0.278 e. The molecule has 0 spiro atoms. The van der Waals surface area contributed by atoms with E-state index >= 15 is 0 Å². The largest absolute Gasteiger partial charge is 0.410 e. The Bertz CT molecular complexity index is 539. The van der Waals surface area contributed by atoms with Crippen LogP contribution in [-0.2, 0) is 11.3 Å². The number of hydrogen-bond acceptors (Lipinski definition) is 4. The third-order valence-electron chi connectivity index (χ3n) is 3.28. The monoisotopic (exact) mass is 325 g/mol. The zero-order valence-corrected chi connectivity index (χ0v) is 12.5. The average Bonchev–Trinajstić information content (AvgIpc) is 2.71. The summed E-state index contributed by atoms with van der Waals surface area (Å²) in [6, 6.07) is 3.77. The number of nitrogens with one attached hydrogen (secondary N) is 1. The van der Waals surface area contributed by atoms with Crippen molar-refractivity contribution in [3.63, 3.8) is 0 Å². The molecule has 0 unspecified atom stereocenters. The summed E-state index contributed by atoms with van der Waals surface area (Å²) in [6.45, 7) is 6.81. The fourth-order valence-corrected chi connectivity index (χ4v) is 2.71. The van der Waals surface area contributed by atoms with E-state index in [0.717, 1.165) is 35.4 Å². The van der Waals surface area contributed by atoms with Crippen molar-refractivity contribution in [3.05, 3.63) is 27.7 Å². The van der Waals surface area contributed by atoms with Gasteiger partial charge in [-0.1, -0.05) is 34.9 Å². The quantitative estimate of drug-likeness (QED) is 0.660. The topological polar surface area (TPSA) is 64.9 Å². The van der Waals surface area contributed by atoms with Crippen LogP contribution in [0.5, 0.6) is 0 Å². The Morgan fingerprint density at radius 2 is 2.05 bits per heavy atom. The lowest BCUT2D eigenvalue weighted by atomic mass is 10.1. The van der Waals surface area contributed by atoms with Crippen molar-refractivity contribution in [1.82, 2.24) is 4.90 Å². The van der Waals surface area contributed by atoms with Gasteiger partial charge in [-0.05, 0) is 30.8 Å². The van der Waals surface area contributed by atoms with Gasteiger partial charge in [0, 0.05) is 16.6 Å². The van der Waals surface area contributed by atoms with Crippen molar-refractivity contribution in [2.75, 3.05) is 18.4 Å². The van der Waals surface area contributed by atoms with Crippen molar-refractivity contribution < 1.29 is 10.0 Å². The van der Waals surface area contributed by atoms with Gasteiger partial charge in [-0.15, -0.1) is 0 Å². The summed E-state index contributed by atoms with van der Waals surface area (Å²) in [4.78, 5) is 14.0. The van der Waals surface area contributed by atoms with Gasteiger partial charge in [0.1, 0.15) is 0 Å². The Kier molecular flexibility index (Phi) is 4.21. The van der Waals surface area contributed by atoms with Crippen LogP contribution in [-0.4, -0.2) is 34.8 Å². The number of rotatable bonds is 4. The number of hydrogen-bond donors (Lipinski definition) is 2. The first-order valence-corrected chi connectivity index (χ1v) is 6.98. The van der Waals surface area contributed by atoms with E-state index in [1.807, 2.05) is 6.07 Å². The van der Waals surface area contributed by atoms with Crippen LogP contribution in [0, 0.1) is 0 Å². The zero-order chi connectivity index (χ0) is 14.0. The minimum atomic E-state index is -0.364. The summed E-state index contributed by atoms with van der Waals surface area (Å²) in [6.07, 6.45) is 0. The first kappa shape index (κ1) is 14.0. The molecule has 0 aliphatic carbocycles. The van der Waals surface area contributed by atoms with E-state index < -0.39 is 0 Å². The van der Waals surface area contributed by atoms with Crippen LogP contribution in [0.1, 0.15) is 25.0 Å². The molecule has 0 saturated carbocycles. The molecule has 1 aliphatic rings. The highest BCUT2D eigenvalue weighted by atomic mass is 79.9. The molecule has 0 saturated heterocycles. The second-order valence-electron chi connectivity index (χ2n) is 4.35. The summed E-state index contributed by atoms with van der Waals surface area (Å²) in [5.41, 5.74) is 2.47. The van der Waals surface area contributed by atoms with Crippen molar-refractivity contribution in [3.8, 4) is 0 Å². The van der Waals surface area contributed by atoms with Crippen LogP contribution >= 0.6 is 15.9 Å². The van der Waals surface area contributed by atoms with Gasteiger partial charge in [-0.25, -0.2) is 0 Å². The fraction of sp³-hybridized carbons (Fsp3) is 0.385. The Labute approximate surface area is 120 Å². The molecule has 19 heavy (non-hydrogen) atoms. The van der Waals surface area contributed by atoms with Crippen LogP contribution in [0.3, 0.4) is 0 Å². The summed E-state index contributed by atoms with van der Waals surface area (Å²) in [5, 5.41) is 14.8. The molecule has 0 bridgehead atoms. The number of fused-ring (bicyclic) bond motifs is 1. The Morgan fingerprint density at radius 1 is 1.37 bits per heavy atom. The lowest BCUT2D eigenvalue weighted by Gasteiger charge is -2.20. The highest BCUT2D eigenvalue weighted by molar-refractivity contribution is 9.10. The van der Waals surface area contributed by atoms with Crippen molar-refractivity contribution in [2.24, 2.45) is 5.16 Å². The van der Waals surface area contributed by atoms with Crippen molar-refractivity contribution in [1.29, 1.82) is 0 Å². The zero-order valence-electron chi connectivity index (χ0n) is 10.9. The van der Waals surface area contributed by atoms with Crippen LogP contribution in [0.25, 0.3) is 0 Å². The number of anilines is 1. The number of carbonyl (C=O) groups excluding carboxylic acids is 1. The molecule has 5 nitrogen and oxygen atoms in total. The van der Waals surface area contributed by atoms with E-state index in [-0.39, 0.29) is 11.6 Å². The third-order valence-corrected chi connectivity index (χ3v) is 3.74. The molecule has 0 fully saturated rings. The molecule has 0 atom stereocenters. The maximum absolute atomic E-state index is 11.7. The lowest BCUT2D eigenvalue weighted by molar-refractivity contribution is -0.110. The molecular weight excluding hydrogens is 310 g/mol. The number of amides is 1. The molecule has 0 aromatic heterocycles. The van der Waals surface area contributed by atoms with Gasteiger partial charge < -0.3 is 10.5 Å². The molecule has 1 aromatic carbocycles. The molecule has 1 amide bonds. The molecule has 1 aliphatic heterocycles. The summed E-state index contributed by atoms with van der Waals surface area (Å²) < 4.78 is 0.867. The summed E-state index contributed by atoms with van der Waals surface area (Å²) in [7, 11) is 0. The van der Waals surface area contributed by atoms with E-state index in [4.69, 9.17) is 5.21 Å². The molecule has 0 radical (unpaired) electrons. The van der Waals surface area contributed by atoms with Gasteiger partial charge in [0.25, 0.3) is 5.91 Å². The van der Waals surface area contributed by atoms with Crippen LogP contribution in [0.15, 0.2) is 21.8 Å². The first-order chi connectivity index (χ1) is 9.10. The second-order valence-corrected chi connectivity index (χ2v) is 5.27. The maximum atomic E-state index is 11.7. The molecule has 102 valence electrons. The van der Waals surface area contributed by atoms with Crippen LogP contribution in [0.2, 0.25) is 0 Å². The van der Waals surface area contributed by atoms with Crippen molar-refractivity contribution in [2.45, 2.75) is 20.4 Å². The van der Waals surface area contributed by atoms with Gasteiger partial charge >= 0.3 is 0 Å². The van der Waals surface area contributed by atoms with E-state index in [1.165, 1.54) is 0 Å². The highest BCUT2D eigenvalue weighted by Gasteiger charge is 2.29. The van der Waals surface area contributed by atoms with E-state index in [1.54, 1.807) is 6.07 Å². The van der Waals surface area contributed by atoms with Gasteiger partial charge in [0.15, 0.2) is 5.71 Å². The third kappa shape index (κ3) is 2.64. The standard InChI is InChI=1S/C13H16BrN3O2/c1-3-17(4-2)7-8-5-9(14)6-10-11(8)15-13(18)12(10)16-19/h5-6,19H,3-4,7H2,1-2H3,(H,15,16,18). The SMILES string of the molecule is CCN(CC)Cc1cc(Br)cc2c1NC(=O)/C2=N/O. The first-order valence-electron chi connectivity index (χ1n) is 6.19. The summed E-state index contributed by atoms with van der Waals surface area (Å²) >= 11 is 3.43. The van der Waals surface area contributed by atoms with E-state index in [0.29, 0.717) is 5.56 Å². The molecular formula is C13H16BrN3O2. The molecule has 2 N–H and O–H groups in total. The number of halogens is 1. The average molecular weight is 326 g/mol. The normalized spacial score (nSPS) is 16.0. The molecule has 2 rings (SSSR count). The van der Waals surface area contributed by atoms with Gasteiger partial charge in [-0.2, -0.15) is 0 Å². The smallest absolute Gasteiger partial charge is 0.278 e. The number of nitrogens with zero attached hydrogens (tertiary/aromatic N) is 2. The number of oxime groups is 1. The van der Waals surface area contributed by atoms with Crippen LogP contribution < -0.4 is 5.32 Å². The van der Waals surface area contributed by atoms with Gasteiger partial charge in [-0.3, -0.25) is 9.69 Å². The molecule has 1 aromatic rings. The molecule has 6 heteroatoms. The number of carbonyl (C=O) groups is 1. The molecule has 1 heterocycles. The van der Waals surface area contributed by atoms with E-state index in [2.05, 4.69) is 45.1 Å². The fourth-order valence-electron chi connectivity index (χ4n) is 2.20. The minimum absolute atomic E-state index is 0.0668. The minimum Gasteiger partial charge on any atom is -0.410 e.